The molecule has 1 heteroatoms. The van der Waals surface area contributed by atoms with Crippen LogP contribution in [0.2, 0.25) is 0 Å². The van der Waals surface area contributed by atoms with Gasteiger partial charge in [0.25, 0.3) is 0 Å². The van der Waals surface area contributed by atoms with Gasteiger partial charge >= 0.3 is 0 Å². The molecule has 68 valence electrons. The molecule has 11 heavy (non-hydrogen) atoms. The number of hydrogen-bond donors (Lipinski definition) is 0. The molecule has 0 amide bonds. The van der Waals surface area contributed by atoms with Gasteiger partial charge in [-0.2, -0.15) is 0 Å². The molecule has 0 bridgehead atoms. The van der Waals surface area contributed by atoms with Crippen molar-refractivity contribution in [2.75, 3.05) is 6.67 Å². The molecule has 1 atom stereocenters. The molecule has 0 saturated heterocycles. The van der Waals surface area contributed by atoms with Crippen LogP contribution in [0.15, 0.2) is 0 Å². The van der Waals surface area contributed by atoms with Gasteiger partial charge in [-0.25, -0.2) is 0 Å². The molecule has 0 rings (SSSR count). The summed E-state index contributed by atoms with van der Waals surface area (Å²) in [5.41, 5.74) is 0. The van der Waals surface area contributed by atoms with Crippen molar-refractivity contribution in [2.45, 2.75) is 46.5 Å². The second-order valence-corrected chi connectivity index (χ2v) is 3.79. The predicted octanol–water partition coefficient (Wildman–Crippen LogP) is 3.81. The minimum absolute atomic E-state index is 0.127. The lowest BCUT2D eigenvalue weighted by molar-refractivity contribution is 0.292. The van der Waals surface area contributed by atoms with Gasteiger partial charge in [0.15, 0.2) is 0 Å². The van der Waals surface area contributed by atoms with Crippen LogP contribution in [0.5, 0.6) is 0 Å². The zero-order valence-electron chi connectivity index (χ0n) is 8.07. The highest BCUT2D eigenvalue weighted by Crippen LogP contribution is 2.18. The predicted molar refractivity (Wildman–Crippen MR) is 48.4 cm³/mol. The SMILES string of the molecule is CCCC[C@H](CF)CC(C)C. The third kappa shape index (κ3) is 6.33. The molecule has 0 spiro atoms. The molecule has 0 fully saturated rings. The van der Waals surface area contributed by atoms with E-state index in [9.17, 15) is 4.39 Å². The third-order valence-electron chi connectivity index (χ3n) is 1.99. The monoisotopic (exact) mass is 160 g/mol. The Labute approximate surface area is 70.2 Å². The molecule has 0 aromatic rings. The number of alkyl halides is 1. The van der Waals surface area contributed by atoms with E-state index in [4.69, 9.17) is 0 Å². The van der Waals surface area contributed by atoms with Gasteiger partial charge in [-0.1, -0.05) is 33.6 Å². The molecular weight excluding hydrogens is 139 g/mol. The van der Waals surface area contributed by atoms with Crippen molar-refractivity contribution in [1.29, 1.82) is 0 Å². The second kappa shape index (κ2) is 6.63. The molecular formula is C10H21F. The van der Waals surface area contributed by atoms with E-state index in [-0.39, 0.29) is 6.67 Å². The van der Waals surface area contributed by atoms with Gasteiger partial charge < -0.3 is 0 Å². The molecule has 0 unspecified atom stereocenters. The molecule has 0 radical (unpaired) electrons. The van der Waals surface area contributed by atoms with E-state index < -0.39 is 0 Å². The first kappa shape index (κ1) is 10.9. The first-order valence-electron chi connectivity index (χ1n) is 4.76. The molecule has 0 heterocycles. The summed E-state index contributed by atoms with van der Waals surface area (Å²) in [5, 5.41) is 0. The maximum Gasteiger partial charge on any atom is 0.0922 e. The first-order valence-corrected chi connectivity index (χ1v) is 4.76. The van der Waals surface area contributed by atoms with Crippen LogP contribution in [0.1, 0.15) is 46.5 Å². The fraction of sp³-hybridized carbons (Fsp3) is 1.00. The summed E-state index contributed by atoms with van der Waals surface area (Å²) < 4.78 is 12.3. The Hall–Kier alpha value is -0.0700. The van der Waals surface area contributed by atoms with E-state index in [2.05, 4.69) is 20.8 Å². The number of rotatable bonds is 6. The molecule has 0 saturated carbocycles. The third-order valence-corrected chi connectivity index (χ3v) is 1.99. The summed E-state index contributed by atoms with van der Waals surface area (Å²) in [5.74, 6) is 0.975. The lowest BCUT2D eigenvalue weighted by atomic mass is 9.94. The van der Waals surface area contributed by atoms with Crippen LogP contribution in [0, 0.1) is 11.8 Å². The minimum atomic E-state index is -0.127. The summed E-state index contributed by atoms with van der Waals surface area (Å²) >= 11 is 0. The van der Waals surface area contributed by atoms with Crippen LogP contribution in [-0.4, -0.2) is 6.67 Å². The van der Waals surface area contributed by atoms with Crippen molar-refractivity contribution in [1.82, 2.24) is 0 Å². The van der Waals surface area contributed by atoms with Crippen LogP contribution < -0.4 is 0 Å². The standard InChI is InChI=1S/C10H21F/c1-4-5-6-10(8-11)7-9(2)3/h9-10H,4-8H2,1-3H3/t10-/m0/s1. The first-order chi connectivity index (χ1) is 5.20. The van der Waals surface area contributed by atoms with Crippen LogP contribution in [0.3, 0.4) is 0 Å². The van der Waals surface area contributed by atoms with Crippen LogP contribution in [0.25, 0.3) is 0 Å². The van der Waals surface area contributed by atoms with Crippen molar-refractivity contribution >= 4 is 0 Å². The zero-order valence-corrected chi connectivity index (χ0v) is 8.07. The van der Waals surface area contributed by atoms with Gasteiger partial charge in [-0.05, 0) is 24.7 Å². The van der Waals surface area contributed by atoms with E-state index in [1.54, 1.807) is 0 Å². The molecule has 0 aromatic heterocycles. The highest BCUT2D eigenvalue weighted by Gasteiger charge is 2.09. The fourth-order valence-corrected chi connectivity index (χ4v) is 1.42. The molecule has 0 aliphatic rings. The Morgan fingerprint density at radius 1 is 1.27 bits per heavy atom. The Morgan fingerprint density at radius 2 is 1.91 bits per heavy atom. The van der Waals surface area contributed by atoms with Gasteiger partial charge in [0.1, 0.15) is 0 Å². The highest BCUT2D eigenvalue weighted by molar-refractivity contribution is 4.60. The molecule has 0 nitrogen and oxygen atoms in total. The normalized spacial score (nSPS) is 13.9. The number of hydrogen-bond acceptors (Lipinski definition) is 0. The van der Waals surface area contributed by atoms with Crippen LogP contribution in [-0.2, 0) is 0 Å². The lowest BCUT2D eigenvalue weighted by Gasteiger charge is -2.14. The van der Waals surface area contributed by atoms with Crippen molar-refractivity contribution in [3.8, 4) is 0 Å². The van der Waals surface area contributed by atoms with Gasteiger partial charge in [-0.15, -0.1) is 0 Å². The average Bonchev–Trinajstić information content (AvgIpc) is 1.97. The smallest absolute Gasteiger partial charge is 0.0922 e. The minimum Gasteiger partial charge on any atom is -0.251 e. The van der Waals surface area contributed by atoms with E-state index in [0.717, 1.165) is 12.8 Å². The van der Waals surface area contributed by atoms with Crippen molar-refractivity contribution in [3.05, 3.63) is 0 Å². The van der Waals surface area contributed by atoms with E-state index in [1.807, 2.05) is 0 Å². The average molecular weight is 160 g/mol. The molecule has 0 aliphatic heterocycles. The summed E-state index contributed by atoms with van der Waals surface area (Å²) in [6.45, 7) is 6.35. The van der Waals surface area contributed by atoms with Gasteiger partial charge in [0, 0.05) is 0 Å². The molecule has 0 aliphatic carbocycles. The second-order valence-electron chi connectivity index (χ2n) is 3.79. The molecule has 0 N–H and O–H groups in total. The van der Waals surface area contributed by atoms with Crippen molar-refractivity contribution in [2.24, 2.45) is 11.8 Å². The Kier molecular flexibility index (Phi) is 6.59. The summed E-state index contributed by atoms with van der Waals surface area (Å²) in [7, 11) is 0. The fourth-order valence-electron chi connectivity index (χ4n) is 1.42. The largest absolute Gasteiger partial charge is 0.251 e. The number of unbranched alkanes of at least 4 members (excludes halogenated alkanes) is 1. The maximum atomic E-state index is 12.3. The summed E-state index contributed by atoms with van der Waals surface area (Å²) in [4.78, 5) is 0. The molecule has 0 aromatic carbocycles. The van der Waals surface area contributed by atoms with Gasteiger partial charge in [-0.3, -0.25) is 4.39 Å². The van der Waals surface area contributed by atoms with E-state index >= 15 is 0 Å². The summed E-state index contributed by atoms with van der Waals surface area (Å²) in [6.07, 6.45) is 4.50. The Bertz CT molecular complexity index is 78.9. The maximum absolute atomic E-state index is 12.3. The van der Waals surface area contributed by atoms with E-state index in [1.165, 1.54) is 12.8 Å². The Balaban J connectivity index is 3.41. The highest BCUT2D eigenvalue weighted by atomic mass is 19.1. The topological polar surface area (TPSA) is 0 Å². The Morgan fingerprint density at radius 3 is 2.27 bits per heavy atom. The van der Waals surface area contributed by atoms with Gasteiger partial charge in [0.2, 0.25) is 0 Å². The van der Waals surface area contributed by atoms with Crippen molar-refractivity contribution in [3.63, 3.8) is 0 Å². The van der Waals surface area contributed by atoms with Crippen LogP contribution >= 0.6 is 0 Å². The van der Waals surface area contributed by atoms with Crippen molar-refractivity contribution < 1.29 is 4.39 Å². The quantitative estimate of drug-likeness (QED) is 0.554. The van der Waals surface area contributed by atoms with Gasteiger partial charge in [0.05, 0.1) is 6.67 Å². The van der Waals surface area contributed by atoms with Crippen LogP contribution in [0.4, 0.5) is 4.39 Å². The number of halogens is 1. The lowest BCUT2D eigenvalue weighted by Crippen LogP contribution is -2.06. The van der Waals surface area contributed by atoms with E-state index in [0.29, 0.717) is 11.8 Å². The zero-order chi connectivity index (χ0) is 8.69. The summed E-state index contributed by atoms with van der Waals surface area (Å²) in [6, 6.07) is 0.